The van der Waals surface area contributed by atoms with Crippen molar-refractivity contribution in [1.29, 1.82) is 0 Å². The number of anilines is 1. The fraction of sp³-hybridized carbons (Fsp3) is 0.333. The standard InChI is InChI=1S/C21H23I3N2O4/c1-11-7-13(22)5-6-16(11)25-19(28)17(26-20(29)30-21(2,3)4)10-12-8-14(23)18(27)15(24)9-12/h5-9,17,27H,10H2,1-4H3,(H,25,28)(H,26,29). The largest absolute Gasteiger partial charge is 0.506 e. The van der Waals surface area contributed by atoms with Gasteiger partial charge in [-0.3, -0.25) is 4.79 Å². The summed E-state index contributed by atoms with van der Waals surface area (Å²) in [6.07, 6.45) is -0.411. The number of halogens is 3. The van der Waals surface area contributed by atoms with Gasteiger partial charge in [0.15, 0.2) is 0 Å². The average Bonchev–Trinajstić information content (AvgIpc) is 2.59. The van der Waals surface area contributed by atoms with Gasteiger partial charge in [0.2, 0.25) is 5.91 Å². The Morgan fingerprint density at radius 1 is 1.10 bits per heavy atom. The van der Waals surface area contributed by atoms with E-state index in [1.165, 1.54) is 0 Å². The second-order valence-electron chi connectivity index (χ2n) is 7.76. The van der Waals surface area contributed by atoms with E-state index >= 15 is 0 Å². The SMILES string of the molecule is Cc1cc(I)ccc1NC(=O)C(Cc1cc(I)c(O)c(I)c1)NC(=O)OC(C)(C)C. The molecule has 0 aliphatic carbocycles. The first-order valence-electron chi connectivity index (χ1n) is 9.09. The van der Waals surface area contributed by atoms with Crippen LogP contribution in [0.2, 0.25) is 0 Å². The van der Waals surface area contributed by atoms with Crippen molar-refractivity contribution in [1.82, 2.24) is 5.32 Å². The number of nitrogens with one attached hydrogen (secondary N) is 2. The van der Waals surface area contributed by atoms with Crippen LogP contribution in [0.3, 0.4) is 0 Å². The van der Waals surface area contributed by atoms with Crippen LogP contribution in [-0.2, 0) is 16.0 Å². The molecule has 0 spiro atoms. The summed E-state index contributed by atoms with van der Waals surface area (Å²) in [6.45, 7) is 7.21. The van der Waals surface area contributed by atoms with E-state index in [0.717, 1.165) is 14.7 Å². The Kier molecular flexibility index (Phi) is 9.04. The predicted molar refractivity (Wildman–Crippen MR) is 143 cm³/mol. The van der Waals surface area contributed by atoms with Crippen LogP contribution in [-0.4, -0.2) is 28.7 Å². The predicted octanol–water partition coefficient (Wildman–Crippen LogP) is 5.59. The van der Waals surface area contributed by atoms with Crippen LogP contribution >= 0.6 is 67.8 Å². The number of phenols is 1. The highest BCUT2D eigenvalue weighted by atomic mass is 127. The molecule has 2 amide bonds. The highest BCUT2D eigenvalue weighted by molar-refractivity contribution is 14.1. The maximum atomic E-state index is 13.1. The van der Waals surface area contributed by atoms with Crippen molar-refractivity contribution in [2.24, 2.45) is 0 Å². The zero-order valence-electron chi connectivity index (χ0n) is 17.0. The molecule has 0 aliphatic rings. The Balaban J connectivity index is 2.27. The van der Waals surface area contributed by atoms with E-state index in [-0.39, 0.29) is 18.1 Å². The van der Waals surface area contributed by atoms with Crippen LogP contribution in [0.5, 0.6) is 5.75 Å². The van der Waals surface area contributed by atoms with Gasteiger partial charge in [0.1, 0.15) is 17.4 Å². The van der Waals surface area contributed by atoms with Crippen LogP contribution in [0.4, 0.5) is 10.5 Å². The third kappa shape index (κ3) is 7.70. The van der Waals surface area contributed by atoms with Gasteiger partial charge in [-0.1, -0.05) is 0 Å². The zero-order chi connectivity index (χ0) is 22.6. The number of hydrogen-bond acceptors (Lipinski definition) is 4. The van der Waals surface area contributed by atoms with Gasteiger partial charge in [-0.15, -0.1) is 0 Å². The molecule has 0 aromatic heterocycles. The zero-order valence-corrected chi connectivity index (χ0v) is 23.4. The van der Waals surface area contributed by atoms with Crippen molar-refractivity contribution >= 4 is 85.5 Å². The first kappa shape index (κ1) is 25.4. The lowest BCUT2D eigenvalue weighted by Crippen LogP contribution is -2.47. The second-order valence-corrected chi connectivity index (χ2v) is 11.3. The molecule has 3 N–H and O–H groups in total. The molecule has 0 saturated carbocycles. The van der Waals surface area contributed by atoms with Gasteiger partial charge < -0.3 is 20.5 Å². The molecule has 2 aromatic carbocycles. The molecule has 1 unspecified atom stereocenters. The number of ether oxygens (including phenoxy) is 1. The Bertz CT molecular complexity index is 935. The van der Waals surface area contributed by atoms with Gasteiger partial charge in [-0.2, -0.15) is 0 Å². The molecule has 6 nitrogen and oxygen atoms in total. The van der Waals surface area contributed by atoms with E-state index in [1.807, 2.05) is 70.3 Å². The number of aryl methyl sites for hydroxylation is 1. The van der Waals surface area contributed by atoms with Gasteiger partial charge in [0.25, 0.3) is 0 Å². The topological polar surface area (TPSA) is 87.7 Å². The van der Waals surface area contributed by atoms with E-state index in [0.29, 0.717) is 12.8 Å². The maximum Gasteiger partial charge on any atom is 0.408 e. The summed E-state index contributed by atoms with van der Waals surface area (Å²) >= 11 is 6.29. The number of carbonyl (C=O) groups excluding carboxylic acids is 2. The number of hydrogen-bond donors (Lipinski definition) is 3. The number of amides is 2. The van der Waals surface area contributed by atoms with E-state index in [2.05, 4.69) is 33.2 Å². The summed E-state index contributed by atoms with van der Waals surface area (Å²) in [4.78, 5) is 25.4. The molecule has 2 rings (SSSR count). The third-order valence-corrected chi connectivity index (χ3v) is 6.29. The van der Waals surface area contributed by atoms with Crippen LogP contribution < -0.4 is 10.6 Å². The molecule has 2 aromatic rings. The minimum atomic E-state index is -0.852. The molecular weight excluding hydrogens is 725 g/mol. The number of aromatic hydroxyl groups is 1. The number of rotatable bonds is 5. The van der Waals surface area contributed by atoms with Gasteiger partial charge in [-0.05, 0) is 137 Å². The number of carbonyl (C=O) groups is 2. The smallest absolute Gasteiger partial charge is 0.408 e. The average molecular weight is 748 g/mol. The summed E-state index contributed by atoms with van der Waals surface area (Å²) in [6, 6.07) is 8.46. The highest BCUT2D eigenvalue weighted by Gasteiger charge is 2.25. The monoisotopic (exact) mass is 748 g/mol. The van der Waals surface area contributed by atoms with E-state index < -0.39 is 17.7 Å². The van der Waals surface area contributed by atoms with Gasteiger partial charge in [0.05, 0.1) is 7.14 Å². The Labute approximate surface area is 217 Å². The minimum Gasteiger partial charge on any atom is -0.506 e. The quantitative estimate of drug-likeness (QED) is 0.349. The van der Waals surface area contributed by atoms with Crippen molar-refractivity contribution in [2.45, 2.75) is 45.8 Å². The molecule has 0 radical (unpaired) electrons. The van der Waals surface area contributed by atoms with Crippen molar-refractivity contribution in [3.63, 3.8) is 0 Å². The molecular formula is C21H23I3N2O4. The van der Waals surface area contributed by atoms with Crippen molar-refractivity contribution in [3.05, 3.63) is 52.2 Å². The molecule has 30 heavy (non-hydrogen) atoms. The minimum absolute atomic E-state index is 0.204. The number of phenolic OH excluding ortho intramolecular Hbond substituents is 1. The lowest BCUT2D eigenvalue weighted by molar-refractivity contribution is -0.118. The molecule has 0 fully saturated rings. The van der Waals surface area contributed by atoms with Crippen molar-refractivity contribution in [2.75, 3.05) is 5.32 Å². The molecule has 9 heteroatoms. The fourth-order valence-corrected chi connectivity index (χ4v) is 5.16. The fourth-order valence-electron chi connectivity index (χ4n) is 2.62. The van der Waals surface area contributed by atoms with Crippen LogP contribution in [0, 0.1) is 17.6 Å². The van der Waals surface area contributed by atoms with Gasteiger partial charge >= 0.3 is 6.09 Å². The molecule has 0 heterocycles. The maximum absolute atomic E-state index is 13.1. The van der Waals surface area contributed by atoms with Crippen LogP contribution in [0.1, 0.15) is 31.9 Å². The molecule has 162 valence electrons. The normalized spacial score (nSPS) is 12.2. The Morgan fingerprint density at radius 2 is 1.70 bits per heavy atom. The lowest BCUT2D eigenvalue weighted by atomic mass is 10.0. The summed E-state index contributed by atoms with van der Waals surface area (Å²) in [5, 5.41) is 15.6. The van der Waals surface area contributed by atoms with Crippen LogP contribution in [0.15, 0.2) is 30.3 Å². The summed E-state index contributed by atoms with van der Waals surface area (Å²) < 4.78 is 7.77. The van der Waals surface area contributed by atoms with E-state index in [1.54, 1.807) is 32.9 Å². The first-order chi connectivity index (χ1) is 13.9. The summed E-state index contributed by atoms with van der Waals surface area (Å²) in [5.74, 6) is -0.140. The molecule has 0 aliphatic heterocycles. The summed E-state index contributed by atoms with van der Waals surface area (Å²) in [7, 11) is 0. The third-order valence-electron chi connectivity index (χ3n) is 3.97. The molecule has 0 saturated heterocycles. The number of alkyl carbamates (subject to hydrolysis) is 1. The van der Waals surface area contributed by atoms with Crippen molar-refractivity contribution in [3.8, 4) is 5.75 Å². The van der Waals surface area contributed by atoms with Crippen molar-refractivity contribution < 1.29 is 19.4 Å². The second kappa shape index (κ2) is 10.7. The first-order valence-corrected chi connectivity index (χ1v) is 12.3. The number of benzene rings is 2. The molecule has 1 atom stereocenters. The summed E-state index contributed by atoms with van der Waals surface area (Å²) in [5.41, 5.74) is 1.75. The van der Waals surface area contributed by atoms with Gasteiger partial charge in [-0.25, -0.2) is 4.79 Å². The van der Waals surface area contributed by atoms with Gasteiger partial charge in [0, 0.05) is 15.7 Å². The van der Waals surface area contributed by atoms with Crippen LogP contribution in [0.25, 0.3) is 0 Å². The van der Waals surface area contributed by atoms with E-state index in [9.17, 15) is 14.7 Å². The highest BCUT2D eigenvalue weighted by Crippen LogP contribution is 2.28. The Morgan fingerprint density at radius 3 is 2.23 bits per heavy atom. The van der Waals surface area contributed by atoms with E-state index in [4.69, 9.17) is 4.74 Å². The Hall–Kier alpha value is -0.830. The lowest BCUT2D eigenvalue weighted by Gasteiger charge is -2.24. The molecule has 0 bridgehead atoms.